The zero-order valence-electron chi connectivity index (χ0n) is 13.2. The van der Waals surface area contributed by atoms with Crippen molar-refractivity contribution in [2.75, 3.05) is 5.75 Å². The van der Waals surface area contributed by atoms with Gasteiger partial charge in [0.1, 0.15) is 0 Å². The lowest BCUT2D eigenvalue weighted by molar-refractivity contribution is -0.134. The topological polar surface area (TPSA) is 63.9 Å². The van der Waals surface area contributed by atoms with Gasteiger partial charge in [-0.2, -0.15) is 0 Å². The first-order valence-electron chi connectivity index (χ1n) is 7.83. The Kier molecular flexibility index (Phi) is 6.02. The van der Waals surface area contributed by atoms with Crippen LogP contribution in [0.2, 0.25) is 0 Å². The molecule has 2 atom stereocenters. The van der Waals surface area contributed by atoms with Gasteiger partial charge in [0.05, 0.1) is 5.75 Å². The number of aromatic nitrogens is 4. The number of piperidine rings is 1. The second kappa shape index (κ2) is 7.77. The second-order valence-electron chi connectivity index (χ2n) is 5.76. The quantitative estimate of drug-likeness (QED) is 0.755. The summed E-state index contributed by atoms with van der Waals surface area (Å²) in [7, 11) is 0. The number of aryl methyl sites for hydroxylation is 1. The van der Waals surface area contributed by atoms with Crippen LogP contribution in [0.3, 0.4) is 0 Å². The monoisotopic (exact) mass is 311 g/mol. The molecule has 0 spiro atoms. The summed E-state index contributed by atoms with van der Waals surface area (Å²) in [6.07, 6.45) is 5.58. The molecule has 7 heteroatoms. The number of likely N-dealkylation sites (tertiary alicyclic amines) is 1. The zero-order valence-corrected chi connectivity index (χ0v) is 14.0. The Morgan fingerprint density at radius 1 is 1.33 bits per heavy atom. The van der Waals surface area contributed by atoms with Gasteiger partial charge in [0.15, 0.2) is 0 Å². The first kappa shape index (κ1) is 16.3. The molecule has 1 aromatic rings. The number of thioether (sulfide) groups is 1. The van der Waals surface area contributed by atoms with Crippen molar-refractivity contribution in [2.45, 2.75) is 76.7 Å². The predicted molar refractivity (Wildman–Crippen MR) is 83.1 cm³/mol. The van der Waals surface area contributed by atoms with E-state index in [1.54, 1.807) is 4.68 Å². The third kappa shape index (κ3) is 4.18. The summed E-state index contributed by atoms with van der Waals surface area (Å²) in [5, 5.41) is 12.5. The Balaban J connectivity index is 1.90. The Morgan fingerprint density at radius 2 is 2.05 bits per heavy atom. The maximum atomic E-state index is 12.5. The first-order valence-corrected chi connectivity index (χ1v) is 8.82. The second-order valence-corrected chi connectivity index (χ2v) is 6.70. The van der Waals surface area contributed by atoms with Crippen LogP contribution < -0.4 is 0 Å². The number of rotatable bonds is 6. The number of carbonyl (C=O) groups excluding carboxylic acids is 1. The number of hydrogen-bond acceptors (Lipinski definition) is 5. The Labute approximate surface area is 130 Å². The number of tetrazole rings is 1. The highest BCUT2D eigenvalue weighted by molar-refractivity contribution is 7.99. The van der Waals surface area contributed by atoms with E-state index in [-0.39, 0.29) is 5.91 Å². The molecule has 0 radical (unpaired) electrons. The van der Waals surface area contributed by atoms with Crippen LogP contribution in [-0.2, 0) is 11.3 Å². The van der Waals surface area contributed by atoms with Crippen LogP contribution in [0.5, 0.6) is 0 Å². The average Bonchev–Trinajstić information content (AvgIpc) is 2.90. The molecule has 1 aromatic heterocycles. The molecule has 0 aromatic carbocycles. The van der Waals surface area contributed by atoms with Crippen LogP contribution in [0.25, 0.3) is 0 Å². The van der Waals surface area contributed by atoms with E-state index in [2.05, 4.69) is 36.3 Å². The van der Waals surface area contributed by atoms with Crippen LogP contribution in [0.4, 0.5) is 0 Å². The van der Waals surface area contributed by atoms with E-state index in [0.29, 0.717) is 17.8 Å². The van der Waals surface area contributed by atoms with Gasteiger partial charge in [0, 0.05) is 18.6 Å². The van der Waals surface area contributed by atoms with Gasteiger partial charge in [-0.15, -0.1) is 5.10 Å². The van der Waals surface area contributed by atoms with Crippen LogP contribution >= 0.6 is 11.8 Å². The average molecular weight is 311 g/mol. The molecule has 1 saturated heterocycles. The SMILES string of the molecule is CCCCn1nnnc1SCC(=O)N1[C@@H](C)CCC[C@@H]1C. The van der Waals surface area contributed by atoms with Crippen molar-refractivity contribution in [2.24, 2.45) is 0 Å². The Morgan fingerprint density at radius 3 is 2.71 bits per heavy atom. The van der Waals surface area contributed by atoms with E-state index in [0.717, 1.165) is 37.4 Å². The van der Waals surface area contributed by atoms with Crippen molar-refractivity contribution in [1.82, 2.24) is 25.1 Å². The Bertz CT molecular complexity index is 454. The largest absolute Gasteiger partial charge is 0.337 e. The lowest BCUT2D eigenvalue weighted by atomic mass is 9.98. The lowest BCUT2D eigenvalue weighted by Crippen LogP contribution is -2.48. The van der Waals surface area contributed by atoms with E-state index in [4.69, 9.17) is 0 Å². The maximum absolute atomic E-state index is 12.5. The van der Waals surface area contributed by atoms with Gasteiger partial charge in [-0.05, 0) is 50.0 Å². The van der Waals surface area contributed by atoms with E-state index in [1.165, 1.54) is 18.2 Å². The maximum Gasteiger partial charge on any atom is 0.233 e. The van der Waals surface area contributed by atoms with Crippen molar-refractivity contribution in [1.29, 1.82) is 0 Å². The number of carbonyl (C=O) groups is 1. The number of hydrogen-bond donors (Lipinski definition) is 0. The smallest absolute Gasteiger partial charge is 0.233 e. The van der Waals surface area contributed by atoms with Crippen LogP contribution in [0.1, 0.15) is 52.9 Å². The predicted octanol–water partition coefficient (Wildman–Crippen LogP) is 2.35. The van der Waals surface area contributed by atoms with Gasteiger partial charge in [0.25, 0.3) is 0 Å². The fourth-order valence-electron chi connectivity index (χ4n) is 2.86. The van der Waals surface area contributed by atoms with E-state index < -0.39 is 0 Å². The van der Waals surface area contributed by atoms with Crippen LogP contribution in [0, 0.1) is 0 Å². The van der Waals surface area contributed by atoms with Gasteiger partial charge < -0.3 is 4.90 Å². The third-order valence-electron chi connectivity index (χ3n) is 4.03. The molecular formula is C14H25N5OS. The van der Waals surface area contributed by atoms with Crippen molar-refractivity contribution in [3.05, 3.63) is 0 Å². The highest BCUT2D eigenvalue weighted by atomic mass is 32.2. The molecule has 0 saturated carbocycles. The molecule has 0 unspecified atom stereocenters. The minimum atomic E-state index is 0.199. The Hall–Kier alpha value is -1.11. The minimum absolute atomic E-state index is 0.199. The van der Waals surface area contributed by atoms with Gasteiger partial charge in [-0.3, -0.25) is 4.79 Å². The molecule has 1 fully saturated rings. The van der Waals surface area contributed by atoms with Crippen molar-refractivity contribution in [3.8, 4) is 0 Å². The molecule has 21 heavy (non-hydrogen) atoms. The van der Waals surface area contributed by atoms with Crippen molar-refractivity contribution >= 4 is 17.7 Å². The fourth-order valence-corrected chi connectivity index (χ4v) is 3.63. The van der Waals surface area contributed by atoms with Crippen molar-refractivity contribution in [3.63, 3.8) is 0 Å². The zero-order chi connectivity index (χ0) is 15.2. The summed E-state index contributed by atoms with van der Waals surface area (Å²) < 4.78 is 1.80. The first-order chi connectivity index (χ1) is 10.1. The lowest BCUT2D eigenvalue weighted by Gasteiger charge is -2.39. The van der Waals surface area contributed by atoms with Gasteiger partial charge in [0.2, 0.25) is 11.1 Å². The standard InChI is InChI=1S/C14H25N5OS/c1-4-5-9-18-14(15-16-17-18)21-10-13(20)19-11(2)7-6-8-12(19)3/h11-12H,4-10H2,1-3H3/t11-,12-/m0/s1. The molecule has 0 aliphatic carbocycles. The fraction of sp³-hybridized carbons (Fsp3) is 0.857. The molecule has 0 N–H and O–H groups in total. The molecular weight excluding hydrogens is 286 g/mol. The summed E-state index contributed by atoms with van der Waals surface area (Å²) in [6.45, 7) is 7.24. The summed E-state index contributed by atoms with van der Waals surface area (Å²) in [4.78, 5) is 14.5. The summed E-state index contributed by atoms with van der Waals surface area (Å²) >= 11 is 1.45. The molecule has 0 bridgehead atoms. The number of nitrogens with zero attached hydrogens (tertiary/aromatic N) is 5. The van der Waals surface area contributed by atoms with E-state index in [1.807, 2.05) is 4.90 Å². The number of amides is 1. The van der Waals surface area contributed by atoms with Crippen molar-refractivity contribution < 1.29 is 4.79 Å². The molecule has 1 aliphatic rings. The molecule has 2 heterocycles. The summed E-state index contributed by atoms with van der Waals surface area (Å²) in [5.41, 5.74) is 0. The molecule has 2 rings (SSSR count). The van der Waals surface area contributed by atoms with E-state index in [9.17, 15) is 4.79 Å². The molecule has 118 valence electrons. The summed E-state index contributed by atoms with van der Waals surface area (Å²) in [5.74, 6) is 0.617. The molecule has 1 aliphatic heterocycles. The number of unbranched alkanes of at least 4 members (excludes halogenated alkanes) is 1. The molecule has 1 amide bonds. The normalized spacial score (nSPS) is 22.5. The van der Waals surface area contributed by atoms with Gasteiger partial charge >= 0.3 is 0 Å². The van der Waals surface area contributed by atoms with Crippen LogP contribution in [-0.4, -0.2) is 48.9 Å². The summed E-state index contributed by atoms with van der Waals surface area (Å²) in [6, 6.07) is 0.691. The minimum Gasteiger partial charge on any atom is -0.337 e. The van der Waals surface area contributed by atoms with Gasteiger partial charge in [-0.25, -0.2) is 4.68 Å². The highest BCUT2D eigenvalue weighted by Crippen LogP contribution is 2.24. The van der Waals surface area contributed by atoms with E-state index >= 15 is 0 Å². The third-order valence-corrected chi connectivity index (χ3v) is 4.97. The van der Waals surface area contributed by atoms with Gasteiger partial charge in [-0.1, -0.05) is 25.1 Å². The molecule has 6 nitrogen and oxygen atoms in total. The highest BCUT2D eigenvalue weighted by Gasteiger charge is 2.28. The van der Waals surface area contributed by atoms with Crippen LogP contribution in [0.15, 0.2) is 5.16 Å².